The number of hydrogen-bond donors (Lipinski definition) is 0. The molecule has 0 radical (unpaired) electrons. The zero-order valence-electron chi connectivity index (χ0n) is 31.0. The number of aromatic nitrogens is 3. The van der Waals surface area contributed by atoms with E-state index in [-0.39, 0.29) is 0 Å². The third kappa shape index (κ3) is 5.85. The van der Waals surface area contributed by atoms with Gasteiger partial charge in [0.2, 0.25) is 0 Å². The highest BCUT2D eigenvalue weighted by atomic mass is 15.0. The Hall–Kier alpha value is -7.62. The van der Waals surface area contributed by atoms with Crippen molar-refractivity contribution in [3.63, 3.8) is 0 Å². The Bertz CT molecular complexity index is 3200. The average Bonchev–Trinajstić information content (AvgIpc) is 3.64. The van der Waals surface area contributed by atoms with Crippen molar-refractivity contribution in [2.24, 2.45) is 0 Å². The van der Waals surface area contributed by atoms with Gasteiger partial charge >= 0.3 is 0 Å². The van der Waals surface area contributed by atoms with Gasteiger partial charge in [0.05, 0.1) is 22.4 Å². The molecule has 11 rings (SSSR count). The first-order valence-electron chi connectivity index (χ1n) is 19.4. The maximum atomic E-state index is 5.07. The van der Waals surface area contributed by atoms with Crippen LogP contribution < -0.4 is 0 Å². The van der Waals surface area contributed by atoms with Crippen molar-refractivity contribution < 1.29 is 0 Å². The SMILES string of the molecule is c1ccc(-c2ccc3ccc(-c4ccc5c(ccc6c5c5ccccc5n6-c5ccc(-c6nc(-c7ccccc7)cc(-c7ccccc7)n6)cc5)c4)cc3c2)cc1. The van der Waals surface area contributed by atoms with E-state index in [0.717, 1.165) is 33.8 Å². The zero-order chi connectivity index (χ0) is 37.7. The molecule has 0 amide bonds. The van der Waals surface area contributed by atoms with Crippen molar-refractivity contribution in [3.05, 3.63) is 212 Å². The Labute approximate surface area is 330 Å². The average molecular weight is 726 g/mol. The minimum Gasteiger partial charge on any atom is -0.309 e. The molecule has 0 aliphatic carbocycles. The quantitative estimate of drug-likeness (QED) is 0.171. The van der Waals surface area contributed by atoms with Crippen molar-refractivity contribution >= 4 is 43.4 Å². The lowest BCUT2D eigenvalue weighted by molar-refractivity contribution is 1.16. The molecule has 0 saturated heterocycles. The predicted octanol–water partition coefficient (Wildman–Crippen LogP) is 14.2. The summed E-state index contributed by atoms with van der Waals surface area (Å²) in [5.41, 5.74) is 13.2. The van der Waals surface area contributed by atoms with Gasteiger partial charge in [0.25, 0.3) is 0 Å². The molecule has 57 heavy (non-hydrogen) atoms. The lowest BCUT2D eigenvalue weighted by atomic mass is 9.95. The molecule has 0 saturated carbocycles. The Kier molecular flexibility index (Phi) is 7.82. The molecular weight excluding hydrogens is 691 g/mol. The van der Waals surface area contributed by atoms with Gasteiger partial charge in [-0.15, -0.1) is 0 Å². The second kappa shape index (κ2) is 13.6. The molecule has 0 spiro atoms. The van der Waals surface area contributed by atoms with Gasteiger partial charge in [-0.2, -0.15) is 0 Å². The molecule has 0 aliphatic heterocycles. The van der Waals surface area contributed by atoms with E-state index in [4.69, 9.17) is 9.97 Å². The summed E-state index contributed by atoms with van der Waals surface area (Å²) in [6.07, 6.45) is 0. The molecule has 0 atom stereocenters. The van der Waals surface area contributed by atoms with E-state index in [1.54, 1.807) is 0 Å². The number of para-hydroxylation sites is 1. The molecule has 0 aliphatic rings. The molecule has 3 heteroatoms. The van der Waals surface area contributed by atoms with Gasteiger partial charge in [-0.25, -0.2) is 9.97 Å². The summed E-state index contributed by atoms with van der Waals surface area (Å²) in [7, 11) is 0. The van der Waals surface area contributed by atoms with E-state index >= 15 is 0 Å². The second-order valence-electron chi connectivity index (χ2n) is 14.6. The highest BCUT2D eigenvalue weighted by molar-refractivity contribution is 6.21. The van der Waals surface area contributed by atoms with E-state index < -0.39 is 0 Å². The molecule has 11 aromatic rings. The van der Waals surface area contributed by atoms with E-state index in [1.807, 2.05) is 36.4 Å². The minimum atomic E-state index is 0.703. The van der Waals surface area contributed by atoms with Crippen molar-refractivity contribution in [3.8, 4) is 61.8 Å². The summed E-state index contributed by atoms with van der Waals surface area (Å²) in [6, 6.07) is 75.8. The van der Waals surface area contributed by atoms with Crippen LogP contribution in [0, 0.1) is 0 Å². The lowest BCUT2D eigenvalue weighted by Crippen LogP contribution is -1.97. The first-order chi connectivity index (χ1) is 28.2. The van der Waals surface area contributed by atoms with Crippen LogP contribution in [0.1, 0.15) is 0 Å². The summed E-state index contributed by atoms with van der Waals surface area (Å²) in [4.78, 5) is 10.1. The predicted molar refractivity (Wildman–Crippen MR) is 239 cm³/mol. The second-order valence-corrected chi connectivity index (χ2v) is 14.6. The first-order valence-corrected chi connectivity index (χ1v) is 19.4. The smallest absolute Gasteiger partial charge is 0.160 e. The normalized spacial score (nSPS) is 11.5. The van der Waals surface area contributed by atoms with Crippen LogP contribution in [-0.4, -0.2) is 14.5 Å². The van der Waals surface area contributed by atoms with Crippen molar-refractivity contribution in [1.29, 1.82) is 0 Å². The Morgan fingerprint density at radius 2 is 0.807 bits per heavy atom. The van der Waals surface area contributed by atoms with Crippen LogP contribution in [0.5, 0.6) is 0 Å². The zero-order valence-corrected chi connectivity index (χ0v) is 31.0. The minimum absolute atomic E-state index is 0.703. The van der Waals surface area contributed by atoms with Crippen LogP contribution in [0.15, 0.2) is 212 Å². The molecule has 266 valence electrons. The highest BCUT2D eigenvalue weighted by Crippen LogP contribution is 2.39. The van der Waals surface area contributed by atoms with Crippen LogP contribution >= 0.6 is 0 Å². The molecule has 0 N–H and O–H groups in total. The topological polar surface area (TPSA) is 30.7 Å². The molecule has 0 bridgehead atoms. The standard InChI is InChI=1S/C54H35N3/c1-4-12-36(13-5-1)41-22-20-37-21-23-42(34-45(37)33-41)43-26-30-47-44(32-43)27-31-52-53(47)48-18-10-11-19-51(48)57(52)46-28-24-40(25-29-46)54-55-49(38-14-6-2-7-15-38)35-50(56-54)39-16-8-3-9-17-39/h1-35H. The summed E-state index contributed by atoms with van der Waals surface area (Å²) >= 11 is 0. The maximum Gasteiger partial charge on any atom is 0.160 e. The van der Waals surface area contributed by atoms with Crippen molar-refractivity contribution in [2.45, 2.75) is 0 Å². The molecule has 2 aromatic heterocycles. The Morgan fingerprint density at radius 3 is 1.46 bits per heavy atom. The maximum absolute atomic E-state index is 5.07. The number of rotatable bonds is 6. The van der Waals surface area contributed by atoms with Crippen LogP contribution in [0.3, 0.4) is 0 Å². The molecular formula is C54H35N3. The van der Waals surface area contributed by atoms with Gasteiger partial charge in [-0.1, -0.05) is 152 Å². The number of nitrogens with zero attached hydrogens (tertiary/aromatic N) is 3. The van der Waals surface area contributed by atoms with E-state index in [0.29, 0.717) is 5.82 Å². The van der Waals surface area contributed by atoms with Gasteiger partial charge in [0.1, 0.15) is 0 Å². The Morgan fingerprint density at radius 1 is 0.298 bits per heavy atom. The number of hydrogen-bond acceptors (Lipinski definition) is 2. The first kappa shape index (κ1) is 32.8. The molecule has 3 nitrogen and oxygen atoms in total. The van der Waals surface area contributed by atoms with Crippen LogP contribution in [-0.2, 0) is 0 Å². The van der Waals surface area contributed by atoms with Gasteiger partial charge in [0.15, 0.2) is 5.82 Å². The fourth-order valence-corrected chi connectivity index (χ4v) is 8.34. The van der Waals surface area contributed by atoms with Gasteiger partial charge in [-0.3, -0.25) is 0 Å². The summed E-state index contributed by atoms with van der Waals surface area (Å²) in [6.45, 7) is 0. The molecule has 0 fully saturated rings. The fourth-order valence-electron chi connectivity index (χ4n) is 8.34. The summed E-state index contributed by atoms with van der Waals surface area (Å²) < 4.78 is 2.38. The van der Waals surface area contributed by atoms with E-state index in [2.05, 4.69) is 180 Å². The third-order valence-electron chi connectivity index (χ3n) is 11.2. The van der Waals surface area contributed by atoms with E-state index in [1.165, 1.54) is 65.6 Å². The molecule has 0 unspecified atom stereocenters. The van der Waals surface area contributed by atoms with Crippen molar-refractivity contribution in [1.82, 2.24) is 14.5 Å². The van der Waals surface area contributed by atoms with Gasteiger partial charge < -0.3 is 4.57 Å². The molecule has 2 heterocycles. The summed E-state index contributed by atoms with van der Waals surface area (Å²) in [5.74, 6) is 0.703. The van der Waals surface area contributed by atoms with Crippen LogP contribution in [0.25, 0.3) is 105 Å². The fraction of sp³-hybridized carbons (Fsp3) is 0. The monoisotopic (exact) mass is 725 g/mol. The number of benzene rings is 9. The van der Waals surface area contributed by atoms with Gasteiger partial charge in [-0.05, 0) is 104 Å². The number of fused-ring (bicyclic) bond motifs is 6. The molecule has 9 aromatic carbocycles. The van der Waals surface area contributed by atoms with Gasteiger partial charge in [0, 0.05) is 33.2 Å². The Balaban J connectivity index is 0.990. The largest absolute Gasteiger partial charge is 0.309 e. The van der Waals surface area contributed by atoms with Crippen molar-refractivity contribution in [2.75, 3.05) is 0 Å². The third-order valence-corrected chi connectivity index (χ3v) is 11.2. The van der Waals surface area contributed by atoms with Crippen LogP contribution in [0.4, 0.5) is 0 Å². The lowest BCUT2D eigenvalue weighted by Gasteiger charge is -2.12. The summed E-state index contributed by atoms with van der Waals surface area (Å²) in [5, 5.41) is 7.45. The van der Waals surface area contributed by atoms with E-state index in [9.17, 15) is 0 Å². The highest BCUT2D eigenvalue weighted by Gasteiger charge is 2.16. The van der Waals surface area contributed by atoms with Crippen LogP contribution in [0.2, 0.25) is 0 Å².